The molecular weight excluding hydrogens is 150 g/mol. The molecule has 3 nitrogen and oxygen atoms in total. The molecule has 0 saturated carbocycles. The van der Waals surface area contributed by atoms with Crippen molar-refractivity contribution >= 4 is 12.4 Å². The van der Waals surface area contributed by atoms with E-state index in [1.54, 1.807) is 6.20 Å². The maximum Gasteiger partial charge on any atom is 0.115 e. The lowest BCUT2D eigenvalue weighted by molar-refractivity contribution is 0.774. The second-order valence-electron chi connectivity index (χ2n) is 1.92. The molecule has 56 valence electrons. The van der Waals surface area contributed by atoms with Crippen LogP contribution in [0.3, 0.4) is 0 Å². The van der Waals surface area contributed by atoms with E-state index in [-0.39, 0.29) is 18.4 Å². The second kappa shape index (κ2) is 4.19. The van der Waals surface area contributed by atoms with Gasteiger partial charge in [0, 0.05) is 12.2 Å². The summed E-state index contributed by atoms with van der Waals surface area (Å²) in [6.07, 6.45) is 3.18. The van der Waals surface area contributed by atoms with E-state index in [2.05, 4.69) is 9.97 Å². The zero-order valence-electron chi connectivity index (χ0n) is 5.69. The molecule has 1 rings (SSSR count). The molecule has 0 aliphatic carbocycles. The maximum atomic E-state index is 5.52. The van der Waals surface area contributed by atoms with E-state index < -0.39 is 0 Å². The zero-order valence-corrected chi connectivity index (χ0v) is 6.51. The molecule has 0 radical (unpaired) electrons. The number of nitrogens with two attached hydrogens (primary N) is 1. The van der Waals surface area contributed by atoms with E-state index in [0.29, 0.717) is 0 Å². The van der Waals surface area contributed by atoms with Crippen LogP contribution in [0.2, 0.25) is 0 Å². The SMILES string of the molecule is C[C@@H](N)c1ccncn1.Cl. The van der Waals surface area contributed by atoms with Crippen LogP contribution in [0.25, 0.3) is 0 Å². The third kappa shape index (κ3) is 2.29. The van der Waals surface area contributed by atoms with Crippen LogP contribution in [0, 0.1) is 0 Å². The first-order valence-electron chi connectivity index (χ1n) is 2.82. The highest BCUT2D eigenvalue weighted by atomic mass is 35.5. The summed E-state index contributed by atoms with van der Waals surface area (Å²) < 4.78 is 0. The highest BCUT2D eigenvalue weighted by Gasteiger charge is 1.96. The Kier molecular flexibility index (Phi) is 3.91. The Morgan fingerprint density at radius 3 is 2.60 bits per heavy atom. The Bertz CT molecular complexity index is 176. The van der Waals surface area contributed by atoms with Crippen molar-refractivity contribution in [2.24, 2.45) is 5.73 Å². The summed E-state index contributed by atoms with van der Waals surface area (Å²) in [5, 5.41) is 0. The molecule has 0 amide bonds. The largest absolute Gasteiger partial charge is 0.323 e. The highest BCUT2D eigenvalue weighted by Crippen LogP contribution is 2.00. The fourth-order valence-electron chi connectivity index (χ4n) is 0.570. The van der Waals surface area contributed by atoms with Crippen LogP contribution in [0.5, 0.6) is 0 Å². The van der Waals surface area contributed by atoms with Crippen molar-refractivity contribution in [1.82, 2.24) is 9.97 Å². The van der Waals surface area contributed by atoms with Crippen LogP contribution in [-0.4, -0.2) is 9.97 Å². The lowest BCUT2D eigenvalue weighted by Gasteiger charge is -2.00. The van der Waals surface area contributed by atoms with Crippen molar-refractivity contribution in [1.29, 1.82) is 0 Å². The summed E-state index contributed by atoms with van der Waals surface area (Å²) in [7, 11) is 0. The van der Waals surface area contributed by atoms with Crippen molar-refractivity contribution in [2.45, 2.75) is 13.0 Å². The van der Waals surface area contributed by atoms with Gasteiger partial charge < -0.3 is 5.73 Å². The number of hydrogen-bond donors (Lipinski definition) is 1. The fourth-order valence-corrected chi connectivity index (χ4v) is 0.570. The monoisotopic (exact) mass is 159 g/mol. The van der Waals surface area contributed by atoms with E-state index in [4.69, 9.17) is 5.73 Å². The molecule has 1 atom stereocenters. The molecule has 0 bridgehead atoms. The Balaban J connectivity index is 0.000000810. The van der Waals surface area contributed by atoms with E-state index in [1.807, 2.05) is 13.0 Å². The van der Waals surface area contributed by atoms with Gasteiger partial charge in [0.25, 0.3) is 0 Å². The third-order valence-electron chi connectivity index (χ3n) is 1.07. The van der Waals surface area contributed by atoms with E-state index in [0.717, 1.165) is 5.69 Å². The molecule has 1 heterocycles. The zero-order chi connectivity index (χ0) is 6.69. The van der Waals surface area contributed by atoms with Crippen molar-refractivity contribution in [3.05, 3.63) is 24.3 Å². The topological polar surface area (TPSA) is 51.8 Å². The number of aromatic nitrogens is 2. The van der Waals surface area contributed by atoms with Gasteiger partial charge in [-0.25, -0.2) is 9.97 Å². The molecule has 0 saturated heterocycles. The molecule has 1 aromatic rings. The van der Waals surface area contributed by atoms with E-state index in [1.165, 1.54) is 6.33 Å². The van der Waals surface area contributed by atoms with Gasteiger partial charge in [0.15, 0.2) is 0 Å². The Morgan fingerprint density at radius 1 is 1.60 bits per heavy atom. The minimum absolute atomic E-state index is 0. The summed E-state index contributed by atoms with van der Waals surface area (Å²) in [4.78, 5) is 7.70. The Hall–Kier alpha value is -0.670. The van der Waals surface area contributed by atoms with Gasteiger partial charge >= 0.3 is 0 Å². The first-order valence-corrected chi connectivity index (χ1v) is 2.82. The molecule has 10 heavy (non-hydrogen) atoms. The highest BCUT2D eigenvalue weighted by molar-refractivity contribution is 5.85. The molecule has 0 unspecified atom stereocenters. The summed E-state index contributed by atoms with van der Waals surface area (Å²) in [6.45, 7) is 1.89. The Morgan fingerprint density at radius 2 is 2.30 bits per heavy atom. The molecule has 0 aromatic carbocycles. The summed E-state index contributed by atoms with van der Waals surface area (Å²) in [5.74, 6) is 0. The van der Waals surface area contributed by atoms with Crippen LogP contribution in [0.1, 0.15) is 18.7 Å². The molecule has 2 N–H and O–H groups in total. The molecule has 0 aliphatic rings. The average molecular weight is 160 g/mol. The van der Waals surface area contributed by atoms with Gasteiger partial charge in [0.1, 0.15) is 6.33 Å². The lowest BCUT2D eigenvalue weighted by Crippen LogP contribution is -2.06. The predicted molar refractivity (Wildman–Crippen MR) is 41.9 cm³/mol. The number of rotatable bonds is 1. The maximum absolute atomic E-state index is 5.52. The van der Waals surface area contributed by atoms with Crippen molar-refractivity contribution in [2.75, 3.05) is 0 Å². The summed E-state index contributed by atoms with van der Waals surface area (Å²) in [6, 6.07) is 1.82. The van der Waals surface area contributed by atoms with Crippen LogP contribution < -0.4 is 5.73 Å². The van der Waals surface area contributed by atoms with Crippen LogP contribution in [0.15, 0.2) is 18.6 Å². The van der Waals surface area contributed by atoms with Crippen LogP contribution in [-0.2, 0) is 0 Å². The molecule has 0 spiro atoms. The van der Waals surface area contributed by atoms with Gasteiger partial charge in [-0.15, -0.1) is 12.4 Å². The number of halogens is 1. The standard InChI is InChI=1S/C6H9N3.ClH/c1-5(7)6-2-3-8-4-9-6;/h2-5H,7H2,1H3;1H/t5-;/m1./s1. The quantitative estimate of drug-likeness (QED) is 0.663. The lowest BCUT2D eigenvalue weighted by atomic mass is 10.2. The minimum atomic E-state index is 0. The molecule has 0 fully saturated rings. The predicted octanol–water partition coefficient (Wildman–Crippen LogP) is 0.918. The van der Waals surface area contributed by atoms with Crippen LogP contribution >= 0.6 is 12.4 Å². The van der Waals surface area contributed by atoms with Gasteiger partial charge in [0.2, 0.25) is 0 Å². The summed E-state index contributed by atoms with van der Waals surface area (Å²) >= 11 is 0. The van der Waals surface area contributed by atoms with Crippen molar-refractivity contribution in [3.8, 4) is 0 Å². The molecule has 4 heteroatoms. The van der Waals surface area contributed by atoms with Gasteiger partial charge in [0.05, 0.1) is 5.69 Å². The Labute approximate surface area is 66.1 Å². The van der Waals surface area contributed by atoms with Crippen molar-refractivity contribution < 1.29 is 0 Å². The van der Waals surface area contributed by atoms with E-state index >= 15 is 0 Å². The minimum Gasteiger partial charge on any atom is -0.323 e. The van der Waals surface area contributed by atoms with Gasteiger partial charge in [-0.3, -0.25) is 0 Å². The first-order chi connectivity index (χ1) is 4.30. The van der Waals surface area contributed by atoms with E-state index in [9.17, 15) is 0 Å². The number of nitrogens with zero attached hydrogens (tertiary/aromatic N) is 2. The first kappa shape index (κ1) is 9.33. The fraction of sp³-hybridized carbons (Fsp3) is 0.333. The normalized spacial score (nSPS) is 11.8. The number of hydrogen-bond acceptors (Lipinski definition) is 3. The van der Waals surface area contributed by atoms with Crippen LogP contribution in [0.4, 0.5) is 0 Å². The van der Waals surface area contributed by atoms with Gasteiger partial charge in [-0.05, 0) is 13.0 Å². The van der Waals surface area contributed by atoms with Gasteiger partial charge in [-0.1, -0.05) is 0 Å². The van der Waals surface area contributed by atoms with Gasteiger partial charge in [-0.2, -0.15) is 0 Å². The summed E-state index contributed by atoms with van der Waals surface area (Å²) in [5.41, 5.74) is 6.40. The second-order valence-corrected chi connectivity index (χ2v) is 1.92. The molecular formula is C6H10ClN3. The smallest absolute Gasteiger partial charge is 0.115 e. The van der Waals surface area contributed by atoms with Crippen molar-refractivity contribution in [3.63, 3.8) is 0 Å². The molecule has 0 aliphatic heterocycles. The molecule has 1 aromatic heterocycles. The third-order valence-corrected chi connectivity index (χ3v) is 1.07. The average Bonchev–Trinajstić information content (AvgIpc) is 1.90.